The van der Waals surface area contributed by atoms with Gasteiger partial charge in [0.1, 0.15) is 0 Å². The second-order valence-electron chi connectivity index (χ2n) is 7.76. The molecule has 0 N–H and O–H groups in total. The molecule has 0 saturated heterocycles. The summed E-state index contributed by atoms with van der Waals surface area (Å²) in [5.41, 5.74) is 2.00. The van der Waals surface area contributed by atoms with E-state index in [2.05, 4.69) is 0 Å². The molecule has 4 fully saturated rings. The van der Waals surface area contributed by atoms with Crippen molar-refractivity contribution in [2.75, 3.05) is 5.01 Å². The number of benzene rings is 1. The summed E-state index contributed by atoms with van der Waals surface area (Å²) in [5.74, 6) is 2.51. The standard InChI is InChI=1S/C18H18Cl2N2O/c19-13-4-14(20)6-15(5-13)22-17(23)7-16(21-22)18-8-10-1-11(9-18)3-12(18)2-10/h4-6,10-12H,1-3,7-9H2. The molecule has 120 valence electrons. The van der Waals surface area contributed by atoms with Crippen molar-refractivity contribution in [3.8, 4) is 0 Å². The zero-order chi connectivity index (χ0) is 15.8. The summed E-state index contributed by atoms with van der Waals surface area (Å²) in [4.78, 5) is 12.6. The van der Waals surface area contributed by atoms with Crippen LogP contribution in [0.5, 0.6) is 0 Å². The first-order valence-electron chi connectivity index (χ1n) is 8.40. The van der Waals surface area contributed by atoms with Gasteiger partial charge in [-0.1, -0.05) is 23.2 Å². The molecule has 1 aromatic rings. The molecule has 5 heteroatoms. The lowest BCUT2D eigenvalue weighted by Gasteiger charge is -2.32. The molecule has 23 heavy (non-hydrogen) atoms. The maximum absolute atomic E-state index is 12.6. The van der Waals surface area contributed by atoms with Gasteiger partial charge in [-0.05, 0) is 68.1 Å². The zero-order valence-corrected chi connectivity index (χ0v) is 14.3. The molecular weight excluding hydrogens is 331 g/mol. The first-order valence-corrected chi connectivity index (χ1v) is 9.16. The Morgan fingerprint density at radius 1 is 1.04 bits per heavy atom. The van der Waals surface area contributed by atoms with Crippen LogP contribution in [0.1, 0.15) is 38.5 Å². The number of halogens is 2. The number of hydrogen-bond donors (Lipinski definition) is 0. The number of hydrogen-bond acceptors (Lipinski definition) is 2. The van der Waals surface area contributed by atoms with Gasteiger partial charge in [0.2, 0.25) is 0 Å². The highest BCUT2D eigenvalue weighted by molar-refractivity contribution is 6.35. The van der Waals surface area contributed by atoms with Crippen LogP contribution in [0.2, 0.25) is 10.0 Å². The fourth-order valence-electron chi connectivity index (χ4n) is 5.84. The normalized spacial score (nSPS) is 37.8. The van der Waals surface area contributed by atoms with Crippen molar-refractivity contribution >= 4 is 40.5 Å². The van der Waals surface area contributed by atoms with Gasteiger partial charge in [0.15, 0.2) is 0 Å². The van der Waals surface area contributed by atoms with E-state index in [1.807, 2.05) is 0 Å². The molecule has 1 heterocycles. The summed E-state index contributed by atoms with van der Waals surface area (Å²) in [6, 6.07) is 5.19. The second kappa shape index (κ2) is 4.73. The van der Waals surface area contributed by atoms with Crippen molar-refractivity contribution in [1.82, 2.24) is 0 Å². The van der Waals surface area contributed by atoms with Crippen molar-refractivity contribution in [1.29, 1.82) is 0 Å². The lowest BCUT2D eigenvalue weighted by molar-refractivity contribution is -0.117. The van der Waals surface area contributed by atoms with Crippen LogP contribution < -0.4 is 5.01 Å². The van der Waals surface area contributed by atoms with E-state index < -0.39 is 0 Å². The van der Waals surface area contributed by atoms with Gasteiger partial charge in [0.05, 0.1) is 17.8 Å². The predicted molar refractivity (Wildman–Crippen MR) is 92.0 cm³/mol. The average molecular weight is 349 g/mol. The van der Waals surface area contributed by atoms with Crippen LogP contribution in [0, 0.1) is 23.2 Å². The highest BCUT2D eigenvalue weighted by Crippen LogP contribution is 2.66. The van der Waals surface area contributed by atoms with E-state index in [0.717, 1.165) is 23.5 Å². The third-order valence-electron chi connectivity index (χ3n) is 6.43. The van der Waals surface area contributed by atoms with Crippen molar-refractivity contribution in [2.45, 2.75) is 38.5 Å². The monoisotopic (exact) mass is 348 g/mol. The Morgan fingerprint density at radius 3 is 2.35 bits per heavy atom. The fourth-order valence-corrected chi connectivity index (χ4v) is 6.35. The minimum Gasteiger partial charge on any atom is -0.272 e. The molecule has 4 aliphatic carbocycles. The van der Waals surface area contributed by atoms with Gasteiger partial charge in [-0.2, -0.15) is 5.10 Å². The number of rotatable bonds is 2. The van der Waals surface area contributed by atoms with E-state index >= 15 is 0 Å². The van der Waals surface area contributed by atoms with Gasteiger partial charge in [0.25, 0.3) is 5.91 Å². The van der Waals surface area contributed by atoms with Crippen LogP contribution in [0.3, 0.4) is 0 Å². The van der Waals surface area contributed by atoms with E-state index in [1.165, 1.54) is 37.1 Å². The van der Waals surface area contributed by atoms with Crippen molar-refractivity contribution < 1.29 is 4.79 Å². The largest absolute Gasteiger partial charge is 0.272 e. The van der Waals surface area contributed by atoms with Gasteiger partial charge < -0.3 is 0 Å². The molecule has 2 atom stereocenters. The number of carbonyl (C=O) groups excluding carboxylic acids is 1. The molecule has 0 spiro atoms. The summed E-state index contributed by atoms with van der Waals surface area (Å²) in [6.45, 7) is 0. The number of amides is 1. The van der Waals surface area contributed by atoms with Crippen LogP contribution >= 0.6 is 23.2 Å². The van der Waals surface area contributed by atoms with E-state index in [0.29, 0.717) is 22.2 Å². The van der Waals surface area contributed by atoms with Crippen LogP contribution in [0.15, 0.2) is 23.3 Å². The molecule has 1 aromatic carbocycles. The van der Waals surface area contributed by atoms with Gasteiger partial charge in [-0.15, -0.1) is 0 Å². The van der Waals surface area contributed by atoms with Crippen LogP contribution in [-0.4, -0.2) is 11.6 Å². The third-order valence-corrected chi connectivity index (χ3v) is 6.87. The quantitative estimate of drug-likeness (QED) is 0.746. The molecule has 1 amide bonds. The first-order chi connectivity index (χ1) is 11.0. The number of nitrogens with zero attached hydrogens (tertiary/aromatic N) is 2. The Bertz CT molecular complexity index is 710. The van der Waals surface area contributed by atoms with Crippen LogP contribution in [0.4, 0.5) is 5.69 Å². The number of hydrazone groups is 1. The summed E-state index contributed by atoms with van der Waals surface area (Å²) in [7, 11) is 0. The topological polar surface area (TPSA) is 32.7 Å². The van der Waals surface area contributed by atoms with Gasteiger partial charge >= 0.3 is 0 Å². The van der Waals surface area contributed by atoms with E-state index in [-0.39, 0.29) is 11.3 Å². The van der Waals surface area contributed by atoms with Crippen molar-refractivity contribution in [3.05, 3.63) is 28.2 Å². The summed E-state index contributed by atoms with van der Waals surface area (Å²) < 4.78 is 0. The lowest BCUT2D eigenvalue weighted by atomic mass is 9.71. The molecular formula is C18H18Cl2N2O. The Balaban J connectivity index is 1.53. The van der Waals surface area contributed by atoms with E-state index in [1.54, 1.807) is 18.2 Å². The second-order valence-corrected chi connectivity index (χ2v) is 8.63. The minimum absolute atomic E-state index is 0.0407. The highest BCUT2D eigenvalue weighted by atomic mass is 35.5. The van der Waals surface area contributed by atoms with Gasteiger partial charge in [-0.3, -0.25) is 4.79 Å². The Morgan fingerprint density at radius 2 is 1.70 bits per heavy atom. The predicted octanol–water partition coefficient (Wildman–Crippen LogP) is 4.91. The molecule has 4 bridgehead atoms. The molecule has 1 aliphatic heterocycles. The molecule has 2 unspecified atom stereocenters. The number of anilines is 1. The molecule has 5 aliphatic rings. The van der Waals surface area contributed by atoms with E-state index in [4.69, 9.17) is 28.3 Å². The fraction of sp³-hybridized carbons (Fsp3) is 0.556. The number of carbonyl (C=O) groups is 1. The molecule has 6 rings (SSSR count). The highest BCUT2D eigenvalue weighted by Gasteiger charge is 2.61. The smallest absolute Gasteiger partial charge is 0.253 e. The maximum Gasteiger partial charge on any atom is 0.253 e. The van der Waals surface area contributed by atoms with Crippen LogP contribution in [0.25, 0.3) is 0 Å². The molecule has 3 nitrogen and oxygen atoms in total. The van der Waals surface area contributed by atoms with Crippen LogP contribution in [-0.2, 0) is 4.79 Å². The van der Waals surface area contributed by atoms with Crippen molar-refractivity contribution in [3.63, 3.8) is 0 Å². The van der Waals surface area contributed by atoms with E-state index in [9.17, 15) is 4.79 Å². The Hall–Kier alpha value is -1.06. The van der Waals surface area contributed by atoms with Gasteiger partial charge in [-0.25, -0.2) is 5.01 Å². The maximum atomic E-state index is 12.6. The average Bonchev–Trinajstić information content (AvgIpc) is 3.05. The SMILES string of the molecule is O=C1CC(C23CC4CC(CC2C4)C3)=NN1c1cc(Cl)cc(Cl)c1. The lowest BCUT2D eigenvalue weighted by Crippen LogP contribution is -2.32. The van der Waals surface area contributed by atoms with Gasteiger partial charge in [0, 0.05) is 15.5 Å². The zero-order valence-electron chi connectivity index (χ0n) is 12.8. The molecule has 0 aromatic heterocycles. The molecule has 0 radical (unpaired) electrons. The Kier molecular flexibility index (Phi) is 2.94. The minimum atomic E-state index is 0.0407. The summed E-state index contributed by atoms with van der Waals surface area (Å²) in [5, 5.41) is 7.35. The molecule has 4 saturated carbocycles. The summed E-state index contributed by atoms with van der Waals surface area (Å²) >= 11 is 12.2. The summed E-state index contributed by atoms with van der Waals surface area (Å²) in [6.07, 6.45) is 7.02. The first kappa shape index (κ1) is 14.3. The third kappa shape index (κ3) is 2.02. The van der Waals surface area contributed by atoms with Crippen molar-refractivity contribution in [2.24, 2.45) is 28.3 Å². The Labute approximate surface area is 145 Å².